The molecule has 1 heterocycles. The van der Waals surface area contributed by atoms with Gasteiger partial charge in [0.25, 0.3) is 11.6 Å². The van der Waals surface area contributed by atoms with E-state index in [0.717, 1.165) is 0 Å². The predicted molar refractivity (Wildman–Crippen MR) is 66.5 cm³/mol. The molecule has 1 aliphatic heterocycles. The lowest BCUT2D eigenvalue weighted by Gasteiger charge is -2.31. The van der Waals surface area contributed by atoms with Gasteiger partial charge in [0.2, 0.25) is 0 Å². The smallest absolute Gasteiger partial charge is 0.282 e. The van der Waals surface area contributed by atoms with Gasteiger partial charge in [0.15, 0.2) is 0 Å². The molecule has 1 unspecified atom stereocenters. The van der Waals surface area contributed by atoms with Crippen molar-refractivity contribution in [2.24, 2.45) is 0 Å². The summed E-state index contributed by atoms with van der Waals surface area (Å²) < 4.78 is 0. The number of amides is 1. The van der Waals surface area contributed by atoms with Gasteiger partial charge in [0, 0.05) is 31.7 Å². The molecule has 96 valence electrons. The van der Waals surface area contributed by atoms with Crippen LogP contribution in [0.2, 0.25) is 0 Å². The molecule has 0 saturated carbocycles. The number of nitrogens with one attached hydrogen (secondary N) is 1. The van der Waals surface area contributed by atoms with Crippen LogP contribution in [-0.2, 0) is 0 Å². The van der Waals surface area contributed by atoms with Crippen molar-refractivity contribution in [3.8, 4) is 0 Å². The molecule has 0 radical (unpaired) electrons. The van der Waals surface area contributed by atoms with E-state index in [1.807, 2.05) is 6.92 Å². The molecule has 2 rings (SSSR count). The molecule has 0 bridgehead atoms. The molecule has 1 atom stereocenters. The normalized spacial score (nSPS) is 19.6. The lowest BCUT2D eigenvalue weighted by Crippen LogP contribution is -2.51. The van der Waals surface area contributed by atoms with Gasteiger partial charge in [-0.3, -0.25) is 14.9 Å². The summed E-state index contributed by atoms with van der Waals surface area (Å²) in [6.07, 6.45) is 0. The standard InChI is InChI=1S/C12H15N3O3/c1-9-8-14(7-6-13-9)12(16)10-4-2-3-5-11(10)15(17)18/h2-5,9,13H,6-8H2,1H3. The third kappa shape index (κ3) is 2.48. The first-order valence-corrected chi connectivity index (χ1v) is 5.85. The third-order valence-corrected chi connectivity index (χ3v) is 2.99. The van der Waals surface area contributed by atoms with Crippen molar-refractivity contribution in [1.29, 1.82) is 0 Å². The van der Waals surface area contributed by atoms with Crippen molar-refractivity contribution in [2.75, 3.05) is 19.6 Å². The zero-order chi connectivity index (χ0) is 13.1. The summed E-state index contributed by atoms with van der Waals surface area (Å²) in [5.74, 6) is -0.268. The number of para-hydroxylation sites is 1. The van der Waals surface area contributed by atoms with Crippen LogP contribution in [0.4, 0.5) is 5.69 Å². The monoisotopic (exact) mass is 249 g/mol. The second-order valence-electron chi connectivity index (χ2n) is 4.38. The van der Waals surface area contributed by atoms with Crippen LogP contribution in [0.1, 0.15) is 17.3 Å². The molecule has 1 fully saturated rings. The molecule has 1 aromatic carbocycles. The summed E-state index contributed by atoms with van der Waals surface area (Å²) in [6, 6.07) is 6.29. The van der Waals surface area contributed by atoms with E-state index >= 15 is 0 Å². The second kappa shape index (κ2) is 5.14. The van der Waals surface area contributed by atoms with Crippen LogP contribution >= 0.6 is 0 Å². The van der Waals surface area contributed by atoms with Gasteiger partial charge >= 0.3 is 0 Å². The Morgan fingerprint density at radius 1 is 1.50 bits per heavy atom. The molecule has 1 aromatic rings. The SMILES string of the molecule is CC1CN(C(=O)c2ccccc2[N+](=O)[O-])CCN1. The highest BCUT2D eigenvalue weighted by Crippen LogP contribution is 2.20. The summed E-state index contributed by atoms with van der Waals surface area (Å²) in [5, 5.41) is 14.1. The van der Waals surface area contributed by atoms with Gasteiger partial charge in [0.1, 0.15) is 5.56 Å². The second-order valence-corrected chi connectivity index (χ2v) is 4.38. The Morgan fingerprint density at radius 3 is 2.89 bits per heavy atom. The molecule has 0 aliphatic carbocycles. The van der Waals surface area contributed by atoms with Gasteiger partial charge in [0.05, 0.1) is 4.92 Å². The quantitative estimate of drug-likeness (QED) is 0.627. The number of rotatable bonds is 2. The lowest BCUT2D eigenvalue weighted by molar-refractivity contribution is -0.385. The predicted octanol–water partition coefficient (Wildman–Crippen LogP) is 1.03. The fourth-order valence-corrected chi connectivity index (χ4v) is 2.10. The van der Waals surface area contributed by atoms with Crippen LogP contribution in [0.15, 0.2) is 24.3 Å². The average molecular weight is 249 g/mol. The highest BCUT2D eigenvalue weighted by atomic mass is 16.6. The molecule has 6 heteroatoms. The maximum absolute atomic E-state index is 12.3. The van der Waals surface area contributed by atoms with E-state index in [9.17, 15) is 14.9 Å². The van der Waals surface area contributed by atoms with E-state index in [0.29, 0.717) is 19.6 Å². The van der Waals surface area contributed by atoms with E-state index in [1.165, 1.54) is 12.1 Å². The summed E-state index contributed by atoms with van der Waals surface area (Å²) in [7, 11) is 0. The van der Waals surface area contributed by atoms with Gasteiger partial charge in [-0.1, -0.05) is 12.1 Å². The van der Waals surface area contributed by atoms with Crippen LogP contribution in [0.25, 0.3) is 0 Å². The van der Waals surface area contributed by atoms with Gasteiger partial charge in [-0.05, 0) is 13.0 Å². The first-order chi connectivity index (χ1) is 8.59. The molecule has 0 aromatic heterocycles. The van der Waals surface area contributed by atoms with Crippen molar-refractivity contribution in [1.82, 2.24) is 10.2 Å². The highest BCUT2D eigenvalue weighted by Gasteiger charge is 2.26. The molecule has 6 nitrogen and oxygen atoms in total. The first kappa shape index (κ1) is 12.5. The fraction of sp³-hybridized carbons (Fsp3) is 0.417. The van der Waals surface area contributed by atoms with E-state index in [4.69, 9.17) is 0 Å². The largest absolute Gasteiger partial charge is 0.336 e. The van der Waals surface area contributed by atoms with Crippen molar-refractivity contribution in [3.05, 3.63) is 39.9 Å². The van der Waals surface area contributed by atoms with E-state index < -0.39 is 4.92 Å². The van der Waals surface area contributed by atoms with Gasteiger partial charge < -0.3 is 10.2 Å². The van der Waals surface area contributed by atoms with Crippen molar-refractivity contribution in [2.45, 2.75) is 13.0 Å². The summed E-state index contributed by atoms with van der Waals surface area (Å²) >= 11 is 0. The van der Waals surface area contributed by atoms with E-state index in [2.05, 4.69) is 5.32 Å². The van der Waals surface area contributed by atoms with Gasteiger partial charge in [-0.2, -0.15) is 0 Å². The number of benzene rings is 1. The Kier molecular flexibility index (Phi) is 3.57. The lowest BCUT2D eigenvalue weighted by atomic mass is 10.1. The maximum atomic E-state index is 12.3. The summed E-state index contributed by atoms with van der Waals surface area (Å²) in [6.45, 7) is 3.85. The summed E-state index contributed by atoms with van der Waals surface area (Å²) in [4.78, 5) is 24.3. The average Bonchev–Trinajstić information content (AvgIpc) is 2.38. The minimum atomic E-state index is -0.515. The number of nitrogens with zero attached hydrogens (tertiary/aromatic N) is 2. The number of hydrogen-bond acceptors (Lipinski definition) is 4. The van der Waals surface area contributed by atoms with Gasteiger partial charge in [-0.15, -0.1) is 0 Å². The molecular weight excluding hydrogens is 234 g/mol. The maximum Gasteiger partial charge on any atom is 0.282 e. The Balaban J connectivity index is 2.25. The molecule has 1 saturated heterocycles. The van der Waals surface area contributed by atoms with Crippen LogP contribution in [0.3, 0.4) is 0 Å². The van der Waals surface area contributed by atoms with E-state index in [1.54, 1.807) is 17.0 Å². The fourth-order valence-electron chi connectivity index (χ4n) is 2.10. The summed E-state index contributed by atoms with van der Waals surface area (Å²) in [5.41, 5.74) is 0.0327. The highest BCUT2D eigenvalue weighted by molar-refractivity contribution is 5.98. The number of hydrogen-bond donors (Lipinski definition) is 1. The van der Waals surface area contributed by atoms with Crippen molar-refractivity contribution < 1.29 is 9.72 Å². The Morgan fingerprint density at radius 2 is 2.22 bits per heavy atom. The van der Waals surface area contributed by atoms with E-state index in [-0.39, 0.29) is 23.2 Å². The third-order valence-electron chi connectivity index (χ3n) is 2.99. The molecular formula is C12H15N3O3. The van der Waals surface area contributed by atoms with Crippen LogP contribution in [-0.4, -0.2) is 41.4 Å². The van der Waals surface area contributed by atoms with Crippen molar-refractivity contribution >= 4 is 11.6 Å². The minimum absolute atomic E-state index is 0.131. The zero-order valence-corrected chi connectivity index (χ0v) is 10.1. The zero-order valence-electron chi connectivity index (χ0n) is 10.1. The van der Waals surface area contributed by atoms with Crippen LogP contribution < -0.4 is 5.32 Å². The van der Waals surface area contributed by atoms with Crippen molar-refractivity contribution in [3.63, 3.8) is 0 Å². The van der Waals surface area contributed by atoms with Gasteiger partial charge in [-0.25, -0.2) is 0 Å². The Hall–Kier alpha value is -1.95. The minimum Gasteiger partial charge on any atom is -0.336 e. The van der Waals surface area contributed by atoms with Crippen LogP contribution in [0, 0.1) is 10.1 Å². The number of nitro benzene ring substituents is 1. The molecule has 1 aliphatic rings. The van der Waals surface area contributed by atoms with Crippen LogP contribution in [0.5, 0.6) is 0 Å². The number of carbonyl (C=O) groups excluding carboxylic acids is 1. The molecule has 1 N–H and O–H groups in total. The number of nitro groups is 1. The number of carbonyl (C=O) groups is 1. The topological polar surface area (TPSA) is 75.5 Å². The molecule has 1 amide bonds. The Labute approximate surface area is 105 Å². The Bertz CT molecular complexity index is 475. The molecule has 18 heavy (non-hydrogen) atoms. The molecule has 0 spiro atoms. The first-order valence-electron chi connectivity index (χ1n) is 5.85. The number of piperazine rings is 1.